The van der Waals surface area contributed by atoms with Crippen molar-refractivity contribution in [3.05, 3.63) is 88.5 Å². The summed E-state index contributed by atoms with van der Waals surface area (Å²) in [7, 11) is 0. The van der Waals surface area contributed by atoms with Crippen LogP contribution in [0.4, 0.5) is 23.2 Å². The third-order valence-electron chi connectivity index (χ3n) is 4.37. The van der Waals surface area contributed by atoms with Gasteiger partial charge in [-0.25, -0.2) is 17.6 Å². The molecule has 0 aromatic heterocycles. The van der Waals surface area contributed by atoms with Crippen molar-refractivity contribution in [1.29, 1.82) is 0 Å². The van der Waals surface area contributed by atoms with Gasteiger partial charge < -0.3 is 0 Å². The van der Waals surface area contributed by atoms with Gasteiger partial charge >= 0.3 is 0 Å². The molecule has 158 valence electrons. The first kappa shape index (κ1) is 23.0. The normalized spacial score (nSPS) is 9.78. The summed E-state index contributed by atoms with van der Waals surface area (Å²) in [6.07, 6.45) is 1.50. The number of thiocarbonyl (C=S) groups is 1. The van der Waals surface area contributed by atoms with E-state index in [0.717, 1.165) is 30.7 Å². The summed E-state index contributed by atoms with van der Waals surface area (Å²) in [5.41, 5.74) is 0.692. The highest BCUT2D eigenvalue weighted by molar-refractivity contribution is 7.78. The Hall–Kier alpha value is -3.70. The summed E-state index contributed by atoms with van der Waals surface area (Å²) in [5, 5.41) is 1.94. The van der Waals surface area contributed by atoms with Crippen molar-refractivity contribution in [3.8, 4) is 34.8 Å². The van der Waals surface area contributed by atoms with E-state index in [-0.39, 0.29) is 11.1 Å². The minimum Gasteiger partial charge on any atom is -0.205 e. The van der Waals surface area contributed by atoms with Gasteiger partial charge in [0.05, 0.1) is 10.7 Å². The molecule has 3 rings (SSSR count). The van der Waals surface area contributed by atoms with E-state index in [1.807, 2.05) is 12.1 Å². The van der Waals surface area contributed by atoms with Crippen molar-refractivity contribution >= 4 is 23.1 Å². The Morgan fingerprint density at radius 3 is 1.94 bits per heavy atom. The van der Waals surface area contributed by atoms with Gasteiger partial charge in [0, 0.05) is 17.5 Å². The summed E-state index contributed by atoms with van der Waals surface area (Å²) < 4.78 is 56.6. The predicted molar refractivity (Wildman–Crippen MR) is 121 cm³/mol. The summed E-state index contributed by atoms with van der Waals surface area (Å²) >= 11 is 4.38. The number of aliphatic imine (C=N–C) groups is 1. The predicted octanol–water partition coefficient (Wildman–Crippen LogP) is 7.20. The van der Waals surface area contributed by atoms with E-state index in [9.17, 15) is 17.6 Å². The Morgan fingerprint density at radius 2 is 1.38 bits per heavy atom. The first-order valence-electron chi connectivity index (χ1n) is 9.60. The molecular weight excluding hydrogens is 434 g/mol. The van der Waals surface area contributed by atoms with Gasteiger partial charge in [0.2, 0.25) is 0 Å². The third kappa shape index (κ3) is 5.50. The number of hydrogen-bond donors (Lipinski definition) is 0. The monoisotopic (exact) mass is 449 g/mol. The number of rotatable bonds is 3. The van der Waals surface area contributed by atoms with Crippen molar-refractivity contribution < 1.29 is 17.6 Å². The molecule has 0 saturated carbocycles. The average Bonchev–Trinajstić information content (AvgIpc) is 2.76. The van der Waals surface area contributed by atoms with Crippen molar-refractivity contribution in [1.82, 2.24) is 0 Å². The van der Waals surface area contributed by atoms with Crippen LogP contribution in [-0.2, 0) is 0 Å². The highest BCUT2D eigenvalue weighted by Gasteiger charge is 2.12. The zero-order valence-corrected chi connectivity index (χ0v) is 17.7. The van der Waals surface area contributed by atoms with Crippen LogP contribution in [0.2, 0.25) is 0 Å². The lowest BCUT2D eigenvalue weighted by atomic mass is 10.0. The summed E-state index contributed by atoms with van der Waals surface area (Å²) in [6.45, 7) is 1.96. The van der Waals surface area contributed by atoms with E-state index >= 15 is 0 Å². The largest absolute Gasteiger partial charge is 0.205 e. The molecule has 0 aliphatic rings. The number of hydrogen-bond acceptors (Lipinski definition) is 2. The zero-order valence-electron chi connectivity index (χ0n) is 16.9. The third-order valence-corrected chi connectivity index (χ3v) is 4.47. The molecule has 0 atom stereocenters. The minimum absolute atomic E-state index is 0.255. The maximum absolute atomic E-state index is 14.3. The number of nitrogens with zero attached hydrogens (tertiary/aromatic N) is 1. The van der Waals surface area contributed by atoms with Gasteiger partial charge in [-0.3, -0.25) is 0 Å². The smallest absolute Gasteiger partial charge is 0.153 e. The SMILES string of the molecule is CCCC#Cc1cc(F)c(C#Cc2ccc(-c3cc(F)c(N=C=S)c(F)c3)cc2)c(F)c1. The molecule has 0 saturated heterocycles. The first-order chi connectivity index (χ1) is 15.4. The lowest BCUT2D eigenvalue weighted by Gasteiger charge is -2.05. The van der Waals surface area contributed by atoms with Crippen LogP contribution >= 0.6 is 12.2 Å². The molecule has 0 aliphatic heterocycles. The van der Waals surface area contributed by atoms with Crippen LogP contribution in [0.15, 0.2) is 53.5 Å². The second-order valence-electron chi connectivity index (χ2n) is 6.69. The van der Waals surface area contributed by atoms with Gasteiger partial charge in [-0.1, -0.05) is 42.7 Å². The molecule has 1 nitrogen and oxygen atoms in total. The van der Waals surface area contributed by atoms with Gasteiger partial charge in [0.1, 0.15) is 17.3 Å². The maximum Gasteiger partial charge on any atom is 0.153 e. The Labute approximate surface area is 188 Å². The van der Waals surface area contributed by atoms with Crippen molar-refractivity contribution in [2.24, 2.45) is 4.99 Å². The van der Waals surface area contributed by atoms with Crippen molar-refractivity contribution in [2.75, 3.05) is 0 Å². The molecule has 0 N–H and O–H groups in total. The number of isothiocyanates is 1. The average molecular weight is 449 g/mol. The molecule has 6 heteroatoms. The highest BCUT2D eigenvalue weighted by atomic mass is 32.1. The minimum atomic E-state index is -0.866. The standard InChI is InChI=1S/C26H15F4NS/c1-2-3-4-5-18-12-22(27)21(23(28)13-18)11-8-17-6-9-19(10-7-17)20-14-24(29)26(31-16-32)25(30)15-20/h6-7,9-10,12-15H,2-3H2,1H3. The molecule has 0 radical (unpaired) electrons. The summed E-state index contributed by atoms with van der Waals surface area (Å²) in [6, 6.07) is 10.9. The second kappa shape index (κ2) is 10.6. The van der Waals surface area contributed by atoms with Gasteiger partial charge in [-0.05, 0) is 66.2 Å². The molecular formula is C26H15F4NS. The topological polar surface area (TPSA) is 12.4 Å². The Kier molecular flexibility index (Phi) is 7.58. The fourth-order valence-electron chi connectivity index (χ4n) is 2.82. The van der Waals surface area contributed by atoms with E-state index in [2.05, 4.69) is 40.9 Å². The van der Waals surface area contributed by atoms with Crippen LogP contribution in [0.3, 0.4) is 0 Å². The molecule has 0 unspecified atom stereocenters. The fourth-order valence-corrected chi connectivity index (χ4v) is 2.91. The van der Waals surface area contributed by atoms with Crippen LogP contribution in [-0.4, -0.2) is 5.16 Å². The lowest BCUT2D eigenvalue weighted by molar-refractivity contribution is 0.577. The maximum atomic E-state index is 14.3. The van der Waals surface area contributed by atoms with E-state index in [0.29, 0.717) is 23.1 Å². The second-order valence-corrected chi connectivity index (χ2v) is 6.87. The zero-order chi connectivity index (χ0) is 23.1. The van der Waals surface area contributed by atoms with Crippen LogP contribution < -0.4 is 0 Å². The number of unbranched alkanes of at least 4 members (excludes halogenated alkanes) is 1. The lowest BCUT2D eigenvalue weighted by Crippen LogP contribution is -1.92. The van der Waals surface area contributed by atoms with Gasteiger partial charge in [-0.15, -0.1) is 0 Å². The summed E-state index contributed by atoms with van der Waals surface area (Å²) in [4.78, 5) is 3.37. The molecule has 3 aromatic rings. The Balaban J connectivity index is 1.85. The molecule has 3 aromatic carbocycles. The first-order valence-corrected chi connectivity index (χ1v) is 10.0. The number of halogens is 4. The molecule has 0 bridgehead atoms. The Morgan fingerprint density at radius 1 is 0.750 bits per heavy atom. The molecule has 0 spiro atoms. The van der Waals surface area contributed by atoms with Crippen LogP contribution in [0.5, 0.6) is 0 Å². The van der Waals surface area contributed by atoms with Gasteiger partial charge in [0.25, 0.3) is 0 Å². The van der Waals surface area contributed by atoms with E-state index in [1.54, 1.807) is 24.3 Å². The van der Waals surface area contributed by atoms with E-state index in [4.69, 9.17) is 0 Å². The van der Waals surface area contributed by atoms with Gasteiger partial charge in [0.15, 0.2) is 11.6 Å². The van der Waals surface area contributed by atoms with Crippen LogP contribution in [0.25, 0.3) is 11.1 Å². The van der Waals surface area contributed by atoms with E-state index < -0.39 is 29.0 Å². The van der Waals surface area contributed by atoms with E-state index in [1.165, 1.54) is 0 Å². The summed E-state index contributed by atoms with van der Waals surface area (Å²) in [5.74, 6) is 7.43. The van der Waals surface area contributed by atoms with Crippen LogP contribution in [0, 0.1) is 47.0 Å². The molecule has 0 amide bonds. The molecule has 32 heavy (non-hydrogen) atoms. The quantitative estimate of drug-likeness (QED) is 0.178. The molecule has 0 heterocycles. The van der Waals surface area contributed by atoms with Crippen molar-refractivity contribution in [2.45, 2.75) is 19.8 Å². The number of benzene rings is 3. The van der Waals surface area contributed by atoms with Gasteiger partial charge in [-0.2, -0.15) is 4.99 Å². The Bertz CT molecular complexity index is 1290. The molecule has 0 aliphatic carbocycles. The fraction of sp³-hybridized carbons (Fsp3) is 0.115. The van der Waals surface area contributed by atoms with Crippen LogP contribution in [0.1, 0.15) is 36.5 Å². The highest BCUT2D eigenvalue weighted by Crippen LogP contribution is 2.29. The molecule has 0 fully saturated rings. The van der Waals surface area contributed by atoms with Crippen molar-refractivity contribution in [3.63, 3.8) is 0 Å².